The summed E-state index contributed by atoms with van der Waals surface area (Å²) in [5, 5.41) is 11.8. The smallest absolute Gasteiger partial charge is 0.306 e. The van der Waals surface area contributed by atoms with Crippen molar-refractivity contribution < 1.29 is 42.9 Å². The molecule has 0 saturated heterocycles. The summed E-state index contributed by atoms with van der Waals surface area (Å²) >= 11 is 0. The maximum atomic E-state index is 12.9. The number of aliphatic carboxylic acids is 1. The molecule has 0 aromatic carbocycles. The molecule has 0 spiro atoms. The highest BCUT2D eigenvalue weighted by Gasteiger charge is 2.22. The molecule has 2 atom stereocenters. The van der Waals surface area contributed by atoms with E-state index in [-0.39, 0.29) is 38.6 Å². The minimum atomic E-state index is -1.63. The highest BCUT2D eigenvalue weighted by Crippen LogP contribution is 2.16. The molecule has 430 valence electrons. The zero-order chi connectivity index (χ0) is 54.8. The average Bonchev–Trinajstić information content (AvgIpc) is 3.38. The average molecular weight is 1050 g/mol. The zero-order valence-corrected chi connectivity index (χ0v) is 48.9. The van der Waals surface area contributed by atoms with Crippen LogP contribution < -0.4 is 5.11 Å². The molecule has 0 aliphatic rings. The molecule has 0 saturated carbocycles. The molecule has 0 N–H and O–H groups in total. The van der Waals surface area contributed by atoms with E-state index in [9.17, 15) is 19.5 Å². The second-order valence-corrected chi connectivity index (χ2v) is 21.3. The molecule has 0 aliphatic carbocycles. The fourth-order valence-electron chi connectivity index (χ4n) is 8.16. The number of unbranched alkanes of at least 4 members (excludes halogenated alkanes) is 24. The van der Waals surface area contributed by atoms with Crippen LogP contribution in [0.5, 0.6) is 0 Å². The molecule has 0 fully saturated rings. The molecule has 9 heteroatoms. The highest BCUT2D eigenvalue weighted by molar-refractivity contribution is 5.70. The van der Waals surface area contributed by atoms with Gasteiger partial charge in [0.1, 0.15) is 13.2 Å². The van der Waals surface area contributed by atoms with E-state index in [1.165, 1.54) is 109 Å². The number of hydrogen-bond acceptors (Lipinski definition) is 8. The van der Waals surface area contributed by atoms with E-state index >= 15 is 0 Å². The van der Waals surface area contributed by atoms with E-state index < -0.39 is 24.3 Å². The van der Waals surface area contributed by atoms with Crippen molar-refractivity contribution in [3.63, 3.8) is 0 Å². The summed E-state index contributed by atoms with van der Waals surface area (Å²) in [5.74, 6) is -2.29. The van der Waals surface area contributed by atoms with Gasteiger partial charge in [-0.3, -0.25) is 9.59 Å². The van der Waals surface area contributed by atoms with Crippen LogP contribution in [0.3, 0.4) is 0 Å². The molecular formula is C66H113NO8. The normalized spacial score (nSPS) is 13.5. The highest BCUT2D eigenvalue weighted by atomic mass is 16.7. The fraction of sp³-hybridized carbons (Fsp3) is 0.712. The third kappa shape index (κ3) is 57.7. The fourth-order valence-corrected chi connectivity index (χ4v) is 8.16. The van der Waals surface area contributed by atoms with Gasteiger partial charge in [0.05, 0.1) is 40.3 Å². The van der Waals surface area contributed by atoms with Crippen LogP contribution in [0.25, 0.3) is 0 Å². The van der Waals surface area contributed by atoms with Crippen LogP contribution in [0.4, 0.5) is 0 Å². The lowest BCUT2D eigenvalue weighted by atomic mass is 10.0. The number of carboxylic acids is 1. The molecule has 2 unspecified atom stereocenters. The Morgan fingerprint density at radius 3 is 1.15 bits per heavy atom. The van der Waals surface area contributed by atoms with Gasteiger partial charge in [-0.05, 0) is 96.3 Å². The number of esters is 2. The molecule has 0 bridgehead atoms. The van der Waals surface area contributed by atoms with Gasteiger partial charge < -0.3 is 33.3 Å². The maximum absolute atomic E-state index is 12.9. The predicted octanol–water partition coefficient (Wildman–Crippen LogP) is 16.8. The number of carboxylic acid groups (broad SMARTS) is 1. The lowest BCUT2D eigenvalue weighted by Crippen LogP contribution is -2.44. The third-order valence-electron chi connectivity index (χ3n) is 12.8. The van der Waals surface area contributed by atoms with Gasteiger partial charge in [0.15, 0.2) is 12.4 Å². The van der Waals surface area contributed by atoms with Gasteiger partial charge in [-0.1, -0.05) is 233 Å². The van der Waals surface area contributed by atoms with Crippen LogP contribution in [0.2, 0.25) is 0 Å². The Balaban J connectivity index is 4.08. The Kier molecular flexibility index (Phi) is 53.6. The summed E-state index contributed by atoms with van der Waals surface area (Å²) in [4.78, 5) is 37.2. The predicted molar refractivity (Wildman–Crippen MR) is 315 cm³/mol. The summed E-state index contributed by atoms with van der Waals surface area (Å²) in [6.45, 7) is 4.61. The number of hydrogen-bond donors (Lipinski definition) is 0. The number of ether oxygens (including phenoxy) is 4. The molecular weight excluding hydrogens is 935 g/mol. The van der Waals surface area contributed by atoms with E-state index in [1.54, 1.807) is 0 Å². The van der Waals surface area contributed by atoms with Crippen molar-refractivity contribution in [3.05, 3.63) is 97.2 Å². The molecule has 0 aliphatic heterocycles. The van der Waals surface area contributed by atoms with Crippen LogP contribution in [-0.2, 0) is 33.3 Å². The van der Waals surface area contributed by atoms with Gasteiger partial charge in [0, 0.05) is 12.8 Å². The summed E-state index contributed by atoms with van der Waals surface area (Å²) in [6, 6.07) is 0. The SMILES string of the molecule is CC/C=C\C/C=C\C/C=C\C/C=C\C/C=C\C/C=C\C/C=C\CCCCCCCCCCCCCCCCCC(=O)OC(COC(=O)CCCCCCC/C=C\CCCCCC)COC(OCC[N+](C)(C)C)C(=O)[O-]. The molecule has 0 amide bonds. The van der Waals surface area contributed by atoms with E-state index in [1.807, 2.05) is 21.1 Å². The number of rotatable bonds is 55. The largest absolute Gasteiger partial charge is 0.545 e. The Bertz CT molecular complexity index is 1550. The van der Waals surface area contributed by atoms with Gasteiger partial charge in [-0.25, -0.2) is 0 Å². The van der Waals surface area contributed by atoms with Crippen molar-refractivity contribution >= 4 is 17.9 Å². The number of nitrogens with zero attached hydrogens (tertiary/aromatic N) is 1. The Morgan fingerprint density at radius 1 is 0.413 bits per heavy atom. The quantitative estimate of drug-likeness (QED) is 0.0195. The molecule has 0 rings (SSSR count). The lowest BCUT2D eigenvalue weighted by Gasteiger charge is -2.26. The summed E-state index contributed by atoms with van der Waals surface area (Å²) in [7, 11) is 5.91. The van der Waals surface area contributed by atoms with Crippen molar-refractivity contribution in [2.45, 2.75) is 257 Å². The molecule has 0 aromatic rings. The number of carbonyl (C=O) groups excluding carboxylic acids is 3. The second-order valence-electron chi connectivity index (χ2n) is 21.3. The standard InChI is InChI=1S/C66H113NO8/c1-6-8-10-12-14-16-18-20-21-22-23-24-25-26-27-28-29-30-31-32-33-34-35-36-37-38-39-40-41-42-43-45-47-49-51-53-55-57-64(69)75-62(61-74-66(65(70)71)72-59-58-67(3,4)5)60-73-63(68)56-54-52-50-48-46-44-19-17-15-13-11-9-7-2/h8,10,14,16-17,19-21,23-24,26-27,29-30,32-33,62,66H,6-7,9,11-13,15,18,22,25,28,31,34-61H2,1-5H3/b10-8-,16-14-,19-17-,21-20-,24-23-,27-26-,30-29-,33-32-. The number of likely N-dealkylation sites (N-methyl/N-ethyl adjacent to an activating group) is 1. The first-order valence-corrected chi connectivity index (χ1v) is 30.4. The van der Waals surface area contributed by atoms with Crippen LogP contribution in [0.1, 0.15) is 245 Å². The van der Waals surface area contributed by atoms with Crippen molar-refractivity contribution in [2.24, 2.45) is 0 Å². The number of carbonyl (C=O) groups is 3. The Morgan fingerprint density at radius 2 is 0.760 bits per heavy atom. The zero-order valence-electron chi connectivity index (χ0n) is 48.9. The monoisotopic (exact) mass is 1050 g/mol. The summed E-state index contributed by atoms with van der Waals surface area (Å²) < 4.78 is 22.7. The van der Waals surface area contributed by atoms with Gasteiger partial charge in [-0.15, -0.1) is 0 Å². The van der Waals surface area contributed by atoms with E-state index in [0.29, 0.717) is 17.4 Å². The molecule has 9 nitrogen and oxygen atoms in total. The van der Waals surface area contributed by atoms with Crippen molar-refractivity contribution in [2.75, 3.05) is 47.5 Å². The van der Waals surface area contributed by atoms with E-state index in [2.05, 4.69) is 111 Å². The minimum Gasteiger partial charge on any atom is -0.545 e. The first kappa shape index (κ1) is 71.2. The summed E-state index contributed by atoms with van der Waals surface area (Å²) in [5.41, 5.74) is 0. The third-order valence-corrected chi connectivity index (χ3v) is 12.8. The molecule has 0 heterocycles. The first-order chi connectivity index (χ1) is 36.6. The van der Waals surface area contributed by atoms with Gasteiger partial charge >= 0.3 is 11.9 Å². The summed E-state index contributed by atoms with van der Waals surface area (Å²) in [6.07, 6.45) is 73.3. The van der Waals surface area contributed by atoms with Crippen LogP contribution >= 0.6 is 0 Å². The van der Waals surface area contributed by atoms with E-state index in [0.717, 1.165) is 103 Å². The van der Waals surface area contributed by atoms with Crippen molar-refractivity contribution in [3.8, 4) is 0 Å². The van der Waals surface area contributed by atoms with Crippen LogP contribution in [-0.4, -0.2) is 82.3 Å². The van der Waals surface area contributed by atoms with Gasteiger partial charge in [0.2, 0.25) is 0 Å². The number of quaternary nitrogens is 1. The lowest BCUT2D eigenvalue weighted by molar-refractivity contribution is -0.870. The first-order valence-electron chi connectivity index (χ1n) is 30.4. The van der Waals surface area contributed by atoms with Crippen molar-refractivity contribution in [1.29, 1.82) is 0 Å². The molecule has 0 radical (unpaired) electrons. The molecule has 75 heavy (non-hydrogen) atoms. The Hall–Kier alpha value is -3.79. The minimum absolute atomic E-state index is 0.144. The van der Waals surface area contributed by atoms with Crippen LogP contribution in [0.15, 0.2) is 97.2 Å². The van der Waals surface area contributed by atoms with E-state index in [4.69, 9.17) is 18.9 Å². The molecule has 0 aromatic heterocycles. The topological polar surface area (TPSA) is 111 Å². The van der Waals surface area contributed by atoms with Gasteiger partial charge in [0.25, 0.3) is 0 Å². The second kappa shape index (κ2) is 56.4. The van der Waals surface area contributed by atoms with Crippen molar-refractivity contribution in [1.82, 2.24) is 0 Å². The Labute approximate surface area is 461 Å². The van der Waals surface area contributed by atoms with Crippen LogP contribution in [0, 0.1) is 0 Å². The van der Waals surface area contributed by atoms with Gasteiger partial charge in [-0.2, -0.15) is 0 Å². The maximum Gasteiger partial charge on any atom is 0.306 e. The number of allylic oxidation sites excluding steroid dienone is 16.